The SMILES string of the molecule is CC1(C(=O)N2CCCC(COc3ccccc3)C2)CCCN1C(=O)c1ccccc1. The summed E-state index contributed by atoms with van der Waals surface area (Å²) in [5.41, 5.74) is -0.124. The summed E-state index contributed by atoms with van der Waals surface area (Å²) in [5.74, 6) is 1.20. The molecule has 0 radical (unpaired) electrons. The average Bonchev–Trinajstić information content (AvgIpc) is 3.21. The first-order valence-electron chi connectivity index (χ1n) is 10.9. The van der Waals surface area contributed by atoms with Crippen molar-refractivity contribution in [1.29, 1.82) is 0 Å². The second-order valence-electron chi connectivity index (χ2n) is 8.58. The summed E-state index contributed by atoms with van der Waals surface area (Å²) >= 11 is 0. The third-order valence-electron chi connectivity index (χ3n) is 6.40. The van der Waals surface area contributed by atoms with Crippen molar-refractivity contribution in [2.24, 2.45) is 5.92 Å². The molecule has 2 unspecified atom stereocenters. The minimum absolute atomic E-state index is 0.0510. The van der Waals surface area contributed by atoms with Crippen LogP contribution in [0.1, 0.15) is 43.0 Å². The van der Waals surface area contributed by atoms with Crippen LogP contribution in [-0.4, -0.2) is 53.4 Å². The highest BCUT2D eigenvalue weighted by Crippen LogP contribution is 2.34. The topological polar surface area (TPSA) is 49.9 Å². The monoisotopic (exact) mass is 406 g/mol. The lowest BCUT2D eigenvalue weighted by Crippen LogP contribution is -2.58. The molecule has 2 fully saturated rings. The van der Waals surface area contributed by atoms with Crippen molar-refractivity contribution >= 4 is 11.8 Å². The van der Waals surface area contributed by atoms with Crippen LogP contribution >= 0.6 is 0 Å². The molecule has 0 aromatic heterocycles. The van der Waals surface area contributed by atoms with Gasteiger partial charge in [0.2, 0.25) is 5.91 Å². The van der Waals surface area contributed by atoms with Gasteiger partial charge in [-0.05, 0) is 56.9 Å². The molecule has 5 heteroatoms. The molecule has 30 heavy (non-hydrogen) atoms. The molecular formula is C25H30N2O3. The minimum Gasteiger partial charge on any atom is -0.493 e. The van der Waals surface area contributed by atoms with Crippen molar-refractivity contribution in [3.8, 4) is 5.75 Å². The van der Waals surface area contributed by atoms with Gasteiger partial charge < -0.3 is 14.5 Å². The Morgan fingerprint density at radius 2 is 1.70 bits per heavy atom. The smallest absolute Gasteiger partial charge is 0.254 e. The third kappa shape index (κ3) is 4.20. The molecule has 2 heterocycles. The van der Waals surface area contributed by atoms with Crippen LogP contribution in [0.25, 0.3) is 0 Å². The molecule has 0 saturated carbocycles. The quantitative estimate of drug-likeness (QED) is 0.754. The molecule has 2 aliphatic rings. The number of piperidine rings is 1. The maximum atomic E-state index is 13.6. The van der Waals surface area contributed by atoms with Crippen LogP contribution in [-0.2, 0) is 4.79 Å². The van der Waals surface area contributed by atoms with Crippen molar-refractivity contribution < 1.29 is 14.3 Å². The van der Waals surface area contributed by atoms with Crippen LogP contribution < -0.4 is 4.74 Å². The summed E-state index contributed by atoms with van der Waals surface area (Å²) in [7, 11) is 0. The van der Waals surface area contributed by atoms with E-state index >= 15 is 0 Å². The molecule has 0 spiro atoms. The Hall–Kier alpha value is -2.82. The zero-order chi connectivity index (χ0) is 21.0. The van der Waals surface area contributed by atoms with Crippen molar-refractivity contribution in [3.63, 3.8) is 0 Å². The number of ether oxygens (including phenoxy) is 1. The van der Waals surface area contributed by atoms with Crippen LogP contribution in [0.5, 0.6) is 5.75 Å². The summed E-state index contributed by atoms with van der Waals surface area (Å²) in [6.45, 7) is 4.62. The van der Waals surface area contributed by atoms with Crippen molar-refractivity contribution in [2.75, 3.05) is 26.2 Å². The van der Waals surface area contributed by atoms with Crippen LogP contribution in [0.2, 0.25) is 0 Å². The summed E-state index contributed by atoms with van der Waals surface area (Å²) < 4.78 is 5.94. The standard InChI is InChI=1S/C25H30N2O3/c1-25(15-9-17-27(25)23(28)21-11-4-2-5-12-21)24(29)26-16-8-10-20(18-26)19-30-22-13-6-3-7-14-22/h2-7,11-14,20H,8-10,15-19H2,1H3. The predicted octanol–water partition coefficient (Wildman–Crippen LogP) is 4.00. The fourth-order valence-corrected chi connectivity index (χ4v) is 4.70. The first-order chi connectivity index (χ1) is 14.6. The lowest BCUT2D eigenvalue weighted by Gasteiger charge is -2.41. The second-order valence-corrected chi connectivity index (χ2v) is 8.58. The van der Waals surface area contributed by atoms with E-state index in [0.717, 1.165) is 31.6 Å². The fraction of sp³-hybridized carbons (Fsp3) is 0.440. The molecule has 2 saturated heterocycles. The Labute approximate surface area is 178 Å². The van der Waals surface area contributed by atoms with Gasteiger partial charge in [-0.1, -0.05) is 36.4 Å². The lowest BCUT2D eigenvalue weighted by molar-refractivity contribution is -0.142. The Kier molecular flexibility index (Phi) is 6.07. The fourth-order valence-electron chi connectivity index (χ4n) is 4.70. The highest BCUT2D eigenvalue weighted by atomic mass is 16.5. The molecule has 2 aromatic carbocycles. The summed E-state index contributed by atoms with van der Waals surface area (Å²) in [6.07, 6.45) is 3.60. The van der Waals surface area contributed by atoms with Gasteiger partial charge in [0.15, 0.2) is 0 Å². The summed E-state index contributed by atoms with van der Waals surface area (Å²) in [5, 5.41) is 0. The highest BCUT2D eigenvalue weighted by molar-refractivity contribution is 5.99. The largest absolute Gasteiger partial charge is 0.493 e. The number of rotatable bonds is 5. The maximum absolute atomic E-state index is 13.6. The van der Waals surface area contributed by atoms with Gasteiger partial charge in [-0.2, -0.15) is 0 Å². The lowest BCUT2D eigenvalue weighted by atomic mass is 9.92. The Balaban J connectivity index is 1.42. The van der Waals surface area contributed by atoms with E-state index in [2.05, 4.69) is 0 Å². The number of nitrogens with zero attached hydrogens (tertiary/aromatic N) is 2. The highest BCUT2D eigenvalue weighted by Gasteiger charge is 2.48. The van der Waals surface area contributed by atoms with Crippen LogP contribution in [0.15, 0.2) is 60.7 Å². The first kappa shape index (κ1) is 20.5. The van der Waals surface area contributed by atoms with E-state index in [1.165, 1.54) is 0 Å². The van der Waals surface area contributed by atoms with Crippen molar-refractivity contribution in [2.45, 2.75) is 38.1 Å². The van der Waals surface area contributed by atoms with E-state index in [-0.39, 0.29) is 11.8 Å². The zero-order valence-corrected chi connectivity index (χ0v) is 17.6. The maximum Gasteiger partial charge on any atom is 0.254 e. The Morgan fingerprint density at radius 3 is 2.43 bits per heavy atom. The number of carbonyl (C=O) groups is 2. The van der Waals surface area contributed by atoms with Crippen molar-refractivity contribution in [3.05, 3.63) is 66.2 Å². The van der Waals surface area contributed by atoms with Gasteiger partial charge in [-0.15, -0.1) is 0 Å². The normalized spacial score (nSPS) is 24.0. The molecule has 2 amide bonds. The molecule has 158 valence electrons. The number of hydrogen-bond acceptors (Lipinski definition) is 3. The van der Waals surface area contributed by atoms with Gasteiger partial charge in [0.25, 0.3) is 5.91 Å². The van der Waals surface area contributed by atoms with E-state index < -0.39 is 5.54 Å². The van der Waals surface area contributed by atoms with E-state index in [0.29, 0.717) is 37.6 Å². The Morgan fingerprint density at radius 1 is 1.00 bits per heavy atom. The van der Waals surface area contributed by atoms with E-state index in [9.17, 15) is 9.59 Å². The number of likely N-dealkylation sites (tertiary alicyclic amines) is 2. The number of hydrogen-bond donors (Lipinski definition) is 0. The molecule has 2 atom stereocenters. The predicted molar refractivity (Wildman–Crippen MR) is 116 cm³/mol. The number of benzene rings is 2. The van der Waals surface area contributed by atoms with Crippen LogP contribution in [0.3, 0.4) is 0 Å². The van der Waals surface area contributed by atoms with Gasteiger partial charge in [0.1, 0.15) is 11.3 Å². The number of amides is 2. The van der Waals surface area contributed by atoms with Gasteiger partial charge in [-0.3, -0.25) is 9.59 Å². The molecule has 5 nitrogen and oxygen atoms in total. The van der Waals surface area contributed by atoms with Crippen molar-refractivity contribution in [1.82, 2.24) is 9.80 Å². The molecule has 0 N–H and O–H groups in total. The molecule has 0 aliphatic carbocycles. The third-order valence-corrected chi connectivity index (χ3v) is 6.40. The second kappa shape index (κ2) is 8.90. The average molecular weight is 407 g/mol. The molecule has 4 rings (SSSR count). The summed E-state index contributed by atoms with van der Waals surface area (Å²) in [6, 6.07) is 19.1. The van der Waals surface area contributed by atoms with Gasteiger partial charge in [0, 0.05) is 31.1 Å². The molecule has 2 aliphatic heterocycles. The Bertz CT molecular complexity index is 870. The number of carbonyl (C=O) groups excluding carboxylic acids is 2. The van der Waals surface area contributed by atoms with Crippen LogP contribution in [0.4, 0.5) is 0 Å². The van der Waals surface area contributed by atoms with E-state index in [1.54, 1.807) is 4.90 Å². The summed E-state index contributed by atoms with van der Waals surface area (Å²) in [4.78, 5) is 30.4. The molecule has 2 aromatic rings. The zero-order valence-electron chi connectivity index (χ0n) is 17.6. The molecule has 0 bridgehead atoms. The minimum atomic E-state index is -0.769. The number of para-hydroxylation sites is 1. The first-order valence-corrected chi connectivity index (χ1v) is 10.9. The van der Waals surface area contributed by atoms with E-state index in [1.807, 2.05) is 72.5 Å². The molecular weight excluding hydrogens is 376 g/mol. The van der Waals surface area contributed by atoms with Gasteiger partial charge >= 0.3 is 0 Å². The van der Waals surface area contributed by atoms with Gasteiger partial charge in [-0.25, -0.2) is 0 Å². The van der Waals surface area contributed by atoms with E-state index in [4.69, 9.17) is 4.74 Å². The van der Waals surface area contributed by atoms with Crippen LogP contribution in [0, 0.1) is 5.92 Å². The van der Waals surface area contributed by atoms with Gasteiger partial charge in [0.05, 0.1) is 6.61 Å².